The number of rotatable bonds is 3. The molecule has 1 aliphatic heterocycles. The predicted octanol–water partition coefficient (Wildman–Crippen LogP) is 0.729. The molecule has 3 heteroatoms. The zero-order valence-electron chi connectivity index (χ0n) is 8.13. The lowest BCUT2D eigenvalue weighted by Gasteiger charge is -2.26. The van der Waals surface area contributed by atoms with Crippen molar-refractivity contribution in [3.05, 3.63) is 0 Å². The van der Waals surface area contributed by atoms with Crippen LogP contribution in [0.1, 0.15) is 27.2 Å². The summed E-state index contributed by atoms with van der Waals surface area (Å²) in [6.45, 7) is 7.26. The molecule has 0 amide bonds. The summed E-state index contributed by atoms with van der Waals surface area (Å²) in [6, 6.07) is 0. The second-order valence-corrected chi connectivity index (χ2v) is 4.13. The molecule has 2 unspecified atom stereocenters. The lowest BCUT2D eigenvalue weighted by Crippen LogP contribution is -2.38. The Bertz CT molecular complexity index is 149. The van der Waals surface area contributed by atoms with Crippen molar-refractivity contribution in [1.29, 1.82) is 0 Å². The lowest BCUT2D eigenvalue weighted by molar-refractivity contribution is -0.0649. The van der Waals surface area contributed by atoms with Gasteiger partial charge >= 0.3 is 0 Å². The van der Waals surface area contributed by atoms with Crippen LogP contribution in [-0.2, 0) is 4.74 Å². The van der Waals surface area contributed by atoms with Crippen LogP contribution >= 0.6 is 0 Å². The molecule has 1 rings (SSSR count). The highest BCUT2D eigenvalue weighted by Gasteiger charge is 2.35. The topological polar surface area (TPSA) is 41.5 Å². The highest BCUT2D eigenvalue weighted by Crippen LogP contribution is 2.23. The van der Waals surface area contributed by atoms with Crippen LogP contribution < -0.4 is 5.32 Å². The smallest absolute Gasteiger partial charge is 0.117 e. The first-order valence-electron chi connectivity index (χ1n) is 4.59. The minimum absolute atomic E-state index is 0.0197. The molecule has 1 heterocycles. The maximum Gasteiger partial charge on any atom is 0.117 e. The molecule has 2 atom stereocenters. The standard InChI is InChI=1S/C9H19NO2/c1-7(2)4-9(3)10-5-8(6-11)12-9/h7-8,10-11H,4-6H2,1-3H3. The highest BCUT2D eigenvalue weighted by molar-refractivity contribution is 4.83. The molecule has 1 fully saturated rings. The van der Waals surface area contributed by atoms with Crippen molar-refractivity contribution in [3.8, 4) is 0 Å². The van der Waals surface area contributed by atoms with Crippen LogP contribution in [0.3, 0.4) is 0 Å². The van der Waals surface area contributed by atoms with Gasteiger partial charge in [-0.05, 0) is 19.3 Å². The van der Waals surface area contributed by atoms with E-state index in [0.29, 0.717) is 5.92 Å². The molecule has 12 heavy (non-hydrogen) atoms. The Morgan fingerprint density at radius 1 is 1.67 bits per heavy atom. The van der Waals surface area contributed by atoms with Gasteiger partial charge in [0, 0.05) is 6.54 Å². The zero-order chi connectivity index (χ0) is 9.19. The Morgan fingerprint density at radius 3 is 2.75 bits per heavy atom. The van der Waals surface area contributed by atoms with Crippen molar-refractivity contribution in [2.75, 3.05) is 13.2 Å². The number of nitrogens with one attached hydrogen (secondary N) is 1. The van der Waals surface area contributed by atoms with Crippen LogP contribution in [0.4, 0.5) is 0 Å². The Kier molecular flexibility index (Phi) is 3.09. The van der Waals surface area contributed by atoms with Crippen molar-refractivity contribution >= 4 is 0 Å². The average molecular weight is 173 g/mol. The summed E-state index contributed by atoms with van der Waals surface area (Å²) >= 11 is 0. The molecule has 3 nitrogen and oxygen atoms in total. The Balaban J connectivity index is 2.41. The van der Waals surface area contributed by atoms with Gasteiger partial charge in [-0.1, -0.05) is 13.8 Å². The van der Waals surface area contributed by atoms with E-state index in [4.69, 9.17) is 9.84 Å². The number of ether oxygens (including phenoxy) is 1. The van der Waals surface area contributed by atoms with E-state index in [2.05, 4.69) is 19.2 Å². The third-order valence-electron chi connectivity index (χ3n) is 2.13. The van der Waals surface area contributed by atoms with Gasteiger partial charge in [0.2, 0.25) is 0 Å². The zero-order valence-corrected chi connectivity index (χ0v) is 8.13. The molecule has 0 aromatic carbocycles. The molecule has 0 saturated carbocycles. The fourth-order valence-corrected chi connectivity index (χ4v) is 1.78. The molecular formula is C9H19NO2. The van der Waals surface area contributed by atoms with Crippen molar-refractivity contribution < 1.29 is 9.84 Å². The maximum absolute atomic E-state index is 8.87. The maximum atomic E-state index is 8.87. The molecule has 0 bridgehead atoms. The average Bonchev–Trinajstić information content (AvgIpc) is 2.30. The summed E-state index contributed by atoms with van der Waals surface area (Å²) in [5, 5.41) is 12.2. The molecule has 0 aliphatic carbocycles. The van der Waals surface area contributed by atoms with E-state index in [1.54, 1.807) is 0 Å². The summed E-state index contributed by atoms with van der Waals surface area (Å²) in [5.41, 5.74) is -0.221. The fraction of sp³-hybridized carbons (Fsp3) is 1.00. The van der Waals surface area contributed by atoms with Crippen molar-refractivity contribution in [1.82, 2.24) is 5.32 Å². The van der Waals surface area contributed by atoms with Crippen molar-refractivity contribution in [2.45, 2.75) is 39.0 Å². The summed E-state index contributed by atoms with van der Waals surface area (Å²) in [7, 11) is 0. The third-order valence-corrected chi connectivity index (χ3v) is 2.13. The van der Waals surface area contributed by atoms with Gasteiger partial charge in [0.1, 0.15) is 5.72 Å². The van der Waals surface area contributed by atoms with E-state index in [1.807, 2.05) is 6.92 Å². The predicted molar refractivity (Wildman–Crippen MR) is 47.8 cm³/mol. The van der Waals surface area contributed by atoms with Gasteiger partial charge in [0.05, 0.1) is 12.7 Å². The SMILES string of the molecule is CC(C)CC1(C)NCC(CO)O1. The number of hydrogen-bond donors (Lipinski definition) is 2. The van der Waals surface area contributed by atoms with Crippen LogP contribution in [0.2, 0.25) is 0 Å². The van der Waals surface area contributed by atoms with Gasteiger partial charge in [-0.25, -0.2) is 0 Å². The summed E-state index contributed by atoms with van der Waals surface area (Å²) in [5.74, 6) is 0.611. The van der Waals surface area contributed by atoms with Gasteiger partial charge in [-0.3, -0.25) is 5.32 Å². The van der Waals surface area contributed by atoms with Gasteiger partial charge in [0.15, 0.2) is 0 Å². The normalized spacial score (nSPS) is 36.2. The van der Waals surface area contributed by atoms with Gasteiger partial charge in [-0.15, -0.1) is 0 Å². The Hall–Kier alpha value is -0.120. The second kappa shape index (κ2) is 3.73. The fourth-order valence-electron chi connectivity index (χ4n) is 1.78. The van der Waals surface area contributed by atoms with Crippen LogP contribution in [0.5, 0.6) is 0 Å². The second-order valence-electron chi connectivity index (χ2n) is 4.13. The van der Waals surface area contributed by atoms with Crippen LogP contribution in [-0.4, -0.2) is 30.1 Å². The molecule has 72 valence electrons. The molecule has 1 aliphatic rings. The quantitative estimate of drug-likeness (QED) is 0.661. The molecule has 0 aromatic heterocycles. The van der Waals surface area contributed by atoms with E-state index >= 15 is 0 Å². The Labute approximate surface area is 74.1 Å². The van der Waals surface area contributed by atoms with Gasteiger partial charge in [-0.2, -0.15) is 0 Å². The van der Waals surface area contributed by atoms with Crippen LogP contribution in [0.15, 0.2) is 0 Å². The summed E-state index contributed by atoms with van der Waals surface area (Å²) in [6.07, 6.45) is 0.970. The minimum Gasteiger partial charge on any atom is -0.394 e. The van der Waals surface area contributed by atoms with E-state index in [-0.39, 0.29) is 18.4 Å². The third kappa shape index (κ3) is 2.44. The van der Waals surface area contributed by atoms with Gasteiger partial charge < -0.3 is 9.84 Å². The minimum atomic E-state index is -0.221. The largest absolute Gasteiger partial charge is 0.394 e. The molecule has 2 N–H and O–H groups in total. The molecule has 0 aromatic rings. The molecule has 1 saturated heterocycles. The first-order chi connectivity index (χ1) is 5.56. The Morgan fingerprint density at radius 2 is 2.33 bits per heavy atom. The monoisotopic (exact) mass is 173 g/mol. The first-order valence-corrected chi connectivity index (χ1v) is 4.59. The molecule has 0 radical (unpaired) electrons. The van der Waals surface area contributed by atoms with Crippen molar-refractivity contribution in [3.63, 3.8) is 0 Å². The summed E-state index contributed by atoms with van der Waals surface area (Å²) in [4.78, 5) is 0. The first kappa shape index (κ1) is 9.96. The molecular weight excluding hydrogens is 154 g/mol. The van der Waals surface area contributed by atoms with Crippen molar-refractivity contribution in [2.24, 2.45) is 5.92 Å². The van der Waals surface area contributed by atoms with E-state index in [9.17, 15) is 0 Å². The highest BCUT2D eigenvalue weighted by atomic mass is 16.5. The van der Waals surface area contributed by atoms with E-state index in [1.165, 1.54) is 0 Å². The lowest BCUT2D eigenvalue weighted by atomic mass is 10.0. The van der Waals surface area contributed by atoms with E-state index in [0.717, 1.165) is 13.0 Å². The van der Waals surface area contributed by atoms with Gasteiger partial charge in [0.25, 0.3) is 0 Å². The number of aliphatic hydroxyl groups is 1. The number of aliphatic hydroxyl groups excluding tert-OH is 1. The number of hydrogen-bond acceptors (Lipinski definition) is 3. The summed E-state index contributed by atoms with van der Waals surface area (Å²) < 4.78 is 5.65. The molecule has 0 spiro atoms. The van der Waals surface area contributed by atoms with E-state index < -0.39 is 0 Å². The van der Waals surface area contributed by atoms with Crippen LogP contribution in [0, 0.1) is 5.92 Å². The van der Waals surface area contributed by atoms with Crippen LogP contribution in [0.25, 0.3) is 0 Å².